The van der Waals surface area contributed by atoms with Crippen LogP contribution in [0.1, 0.15) is 38.5 Å². The van der Waals surface area contributed by atoms with Gasteiger partial charge in [-0.3, -0.25) is 4.90 Å². The summed E-state index contributed by atoms with van der Waals surface area (Å²) in [5.41, 5.74) is 0. The molecular formula is C16H28N2. The van der Waals surface area contributed by atoms with E-state index < -0.39 is 0 Å². The van der Waals surface area contributed by atoms with Gasteiger partial charge in [0, 0.05) is 32.2 Å². The second-order valence-electron chi connectivity index (χ2n) is 7.81. The number of piperidine rings is 2. The Balaban J connectivity index is 1.46. The minimum Gasteiger partial charge on any atom is -0.306 e. The average molecular weight is 248 g/mol. The van der Waals surface area contributed by atoms with Gasteiger partial charge in [0.25, 0.3) is 0 Å². The van der Waals surface area contributed by atoms with Crippen LogP contribution in [0.4, 0.5) is 0 Å². The lowest BCUT2D eigenvalue weighted by atomic mass is 9.70. The maximum atomic E-state index is 2.90. The first-order valence-electron chi connectivity index (χ1n) is 8.19. The van der Waals surface area contributed by atoms with E-state index in [-0.39, 0.29) is 0 Å². The molecule has 3 aliphatic heterocycles. The highest BCUT2D eigenvalue weighted by Crippen LogP contribution is 2.43. The van der Waals surface area contributed by atoms with Crippen molar-refractivity contribution in [2.24, 2.45) is 23.7 Å². The Morgan fingerprint density at radius 3 is 1.78 bits per heavy atom. The molecule has 2 heteroatoms. The Kier molecular flexibility index (Phi) is 2.92. The molecule has 2 saturated carbocycles. The topological polar surface area (TPSA) is 6.48 Å². The van der Waals surface area contributed by atoms with Crippen LogP contribution in [0.25, 0.3) is 0 Å². The summed E-state index contributed by atoms with van der Waals surface area (Å²) < 4.78 is 0. The summed E-state index contributed by atoms with van der Waals surface area (Å²) in [7, 11) is 2.34. The summed E-state index contributed by atoms with van der Waals surface area (Å²) in [5, 5.41) is 0. The second-order valence-corrected chi connectivity index (χ2v) is 7.81. The van der Waals surface area contributed by atoms with Crippen LogP contribution in [0, 0.1) is 23.7 Å². The van der Waals surface area contributed by atoms with Crippen molar-refractivity contribution in [1.29, 1.82) is 0 Å². The van der Waals surface area contributed by atoms with Gasteiger partial charge >= 0.3 is 0 Å². The zero-order valence-electron chi connectivity index (χ0n) is 11.9. The first-order chi connectivity index (χ1) is 8.76. The number of rotatable bonds is 1. The van der Waals surface area contributed by atoms with Gasteiger partial charge in [-0.1, -0.05) is 0 Å². The van der Waals surface area contributed by atoms with Gasteiger partial charge in [0.15, 0.2) is 0 Å². The maximum Gasteiger partial charge on any atom is 0.0102 e. The molecule has 2 atom stereocenters. The lowest BCUT2D eigenvalue weighted by Gasteiger charge is -2.51. The summed E-state index contributed by atoms with van der Waals surface area (Å²) in [6.07, 6.45) is 9.12. The normalized spacial score (nSPS) is 49.5. The third kappa shape index (κ3) is 2.12. The Morgan fingerprint density at radius 2 is 1.22 bits per heavy atom. The van der Waals surface area contributed by atoms with Crippen LogP contribution in [0.15, 0.2) is 0 Å². The molecule has 3 heterocycles. The molecule has 0 aromatic carbocycles. The highest BCUT2D eigenvalue weighted by atomic mass is 15.2. The predicted molar refractivity (Wildman–Crippen MR) is 74.5 cm³/mol. The number of fused-ring (bicyclic) bond motifs is 5. The van der Waals surface area contributed by atoms with Gasteiger partial charge in [-0.25, -0.2) is 0 Å². The molecule has 0 radical (unpaired) electrons. The second kappa shape index (κ2) is 4.49. The predicted octanol–water partition coefficient (Wildman–Crippen LogP) is 2.45. The van der Waals surface area contributed by atoms with Gasteiger partial charge in [0.05, 0.1) is 0 Å². The molecule has 102 valence electrons. The highest BCUT2D eigenvalue weighted by molar-refractivity contribution is 4.95. The zero-order chi connectivity index (χ0) is 12.1. The molecule has 2 unspecified atom stereocenters. The highest BCUT2D eigenvalue weighted by Gasteiger charge is 2.41. The van der Waals surface area contributed by atoms with E-state index in [1.54, 1.807) is 12.8 Å². The quantitative estimate of drug-likeness (QED) is 0.703. The van der Waals surface area contributed by atoms with Crippen molar-refractivity contribution < 1.29 is 0 Å². The van der Waals surface area contributed by atoms with Crippen LogP contribution in [0.2, 0.25) is 0 Å². The number of likely N-dealkylation sites (tertiary alicyclic amines) is 1. The zero-order valence-corrected chi connectivity index (χ0v) is 11.9. The fourth-order valence-corrected chi connectivity index (χ4v) is 5.37. The lowest BCUT2D eigenvalue weighted by molar-refractivity contribution is -0.0128. The molecule has 0 amide bonds. The first-order valence-corrected chi connectivity index (χ1v) is 8.19. The third-order valence-electron chi connectivity index (χ3n) is 6.17. The van der Waals surface area contributed by atoms with Crippen LogP contribution < -0.4 is 0 Å². The Labute approximate surface area is 112 Å². The van der Waals surface area contributed by atoms with Crippen LogP contribution in [0.5, 0.6) is 0 Å². The lowest BCUT2D eigenvalue weighted by Crippen LogP contribution is -2.53. The molecule has 0 N–H and O–H groups in total. The van der Waals surface area contributed by atoms with Crippen molar-refractivity contribution >= 4 is 0 Å². The Hall–Kier alpha value is -0.0800. The average Bonchev–Trinajstić information content (AvgIpc) is 2.59. The summed E-state index contributed by atoms with van der Waals surface area (Å²) in [5.74, 6) is 4.14. The monoisotopic (exact) mass is 248 g/mol. The van der Waals surface area contributed by atoms with E-state index in [0.717, 1.165) is 29.7 Å². The van der Waals surface area contributed by atoms with Crippen LogP contribution >= 0.6 is 0 Å². The minimum absolute atomic E-state index is 0.946. The van der Waals surface area contributed by atoms with E-state index in [0.29, 0.717) is 0 Å². The Morgan fingerprint density at radius 1 is 0.667 bits per heavy atom. The van der Waals surface area contributed by atoms with E-state index in [4.69, 9.17) is 0 Å². The molecule has 4 bridgehead atoms. The van der Waals surface area contributed by atoms with Crippen molar-refractivity contribution in [3.05, 3.63) is 0 Å². The fraction of sp³-hybridized carbons (Fsp3) is 1.00. The molecule has 3 saturated heterocycles. The van der Waals surface area contributed by atoms with E-state index in [9.17, 15) is 0 Å². The molecule has 2 nitrogen and oxygen atoms in total. The maximum absolute atomic E-state index is 2.90. The minimum atomic E-state index is 0.946. The largest absolute Gasteiger partial charge is 0.306 e. The van der Waals surface area contributed by atoms with Gasteiger partial charge in [0.1, 0.15) is 0 Å². The number of hydrogen-bond acceptors (Lipinski definition) is 2. The van der Waals surface area contributed by atoms with Crippen molar-refractivity contribution in [1.82, 2.24) is 9.80 Å². The van der Waals surface area contributed by atoms with Crippen LogP contribution in [-0.2, 0) is 0 Å². The number of hydrogen-bond donors (Lipinski definition) is 0. The van der Waals surface area contributed by atoms with Crippen molar-refractivity contribution in [2.45, 2.75) is 44.6 Å². The van der Waals surface area contributed by atoms with E-state index in [2.05, 4.69) is 16.8 Å². The van der Waals surface area contributed by atoms with E-state index >= 15 is 0 Å². The Bertz CT molecular complexity index is 284. The molecule has 0 spiro atoms. The van der Waals surface area contributed by atoms with Gasteiger partial charge < -0.3 is 4.90 Å². The van der Waals surface area contributed by atoms with Gasteiger partial charge in [-0.2, -0.15) is 0 Å². The van der Waals surface area contributed by atoms with Crippen molar-refractivity contribution in [3.63, 3.8) is 0 Å². The molecule has 2 aliphatic carbocycles. The third-order valence-corrected chi connectivity index (χ3v) is 6.17. The standard InChI is InChI=1S/C16H28N2/c1-17-8-12-2-3-13(9-17)7-16(6-12)18-10-14-4-15(5-14)11-18/h12-16H,2-11H2,1H3. The van der Waals surface area contributed by atoms with Crippen LogP contribution in [-0.4, -0.2) is 49.1 Å². The molecule has 5 rings (SSSR count). The van der Waals surface area contributed by atoms with Gasteiger partial charge in [-0.05, 0) is 69.2 Å². The van der Waals surface area contributed by atoms with Crippen LogP contribution in [0.3, 0.4) is 0 Å². The molecule has 0 aromatic rings. The van der Waals surface area contributed by atoms with Gasteiger partial charge in [-0.15, -0.1) is 0 Å². The molecule has 5 aliphatic rings. The van der Waals surface area contributed by atoms with Crippen molar-refractivity contribution in [2.75, 3.05) is 33.2 Å². The molecule has 18 heavy (non-hydrogen) atoms. The van der Waals surface area contributed by atoms with E-state index in [1.807, 2.05) is 0 Å². The molecular weight excluding hydrogens is 220 g/mol. The first kappa shape index (κ1) is 11.7. The molecule has 5 fully saturated rings. The SMILES string of the molecule is CN1CC2CCC(CC(N3CC4CC(C4)C3)C2)C1. The van der Waals surface area contributed by atoms with E-state index in [1.165, 1.54) is 51.9 Å². The van der Waals surface area contributed by atoms with Crippen molar-refractivity contribution in [3.8, 4) is 0 Å². The summed E-state index contributed by atoms with van der Waals surface area (Å²) in [6, 6.07) is 0.946. The fourth-order valence-electron chi connectivity index (χ4n) is 5.37. The smallest absolute Gasteiger partial charge is 0.0102 e. The summed E-state index contributed by atoms with van der Waals surface area (Å²) in [4.78, 5) is 5.51. The summed E-state index contributed by atoms with van der Waals surface area (Å²) in [6.45, 7) is 5.62. The summed E-state index contributed by atoms with van der Waals surface area (Å²) >= 11 is 0. The number of nitrogens with zero attached hydrogens (tertiary/aromatic N) is 2. The molecule has 0 aromatic heterocycles. The van der Waals surface area contributed by atoms with Gasteiger partial charge in [0.2, 0.25) is 0 Å².